The smallest absolute Gasteiger partial charge is 0.240 e. The third-order valence-electron chi connectivity index (χ3n) is 5.12. The largest absolute Gasteiger partial charge is 0.497 e. The van der Waals surface area contributed by atoms with Crippen molar-refractivity contribution in [2.75, 3.05) is 24.5 Å². The van der Waals surface area contributed by atoms with E-state index in [1.165, 1.54) is 11.8 Å². The summed E-state index contributed by atoms with van der Waals surface area (Å²) in [6, 6.07) is 14.9. The molecular weight excluding hydrogens is 426 g/mol. The highest BCUT2D eigenvalue weighted by atomic mass is 32.2. The van der Waals surface area contributed by atoms with Crippen molar-refractivity contribution in [3.8, 4) is 11.5 Å². The number of carbonyl (C=O) groups is 1. The summed E-state index contributed by atoms with van der Waals surface area (Å²) >= 11 is 1.41. The van der Waals surface area contributed by atoms with Gasteiger partial charge in [-0.15, -0.1) is 10.2 Å². The van der Waals surface area contributed by atoms with Crippen LogP contribution >= 0.6 is 11.8 Å². The molecule has 0 saturated heterocycles. The van der Waals surface area contributed by atoms with Gasteiger partial charge in [-0.25, -0.2) is 4.68 Å². The summed E-state index contributed by atoms with van der Waals surface area (Å²) in [5, 5.41) is 11.9. The number of ether oxygens (including phenoxy) is 2. The van der Waals surface area contributed by atoms with Gasteiger partial charge in [-0.05, 0) is 43.2 Å². The van der Waals surface area contributed by atoms with Crippen molar-refractivity contribution < 1.29 is 14.3 Å². The number of carbonyl (C=O) groups excluding carboxylic acids is 1. The quantitative estimate of drug-likeness (QED) is 0.532. The first-order valence-corrected chi connectivity index (χ1v) is 11.6. The number of hydrogen-bond acceptors (Lipinski definition) is 7. The summed E-state index contributed by atoms with van der Waals surface area (Å²) in [6.45, 7) is 4.66. The molecule has 9 heteroatoms. The van der Waals surface area contributed by atoms with Crippen LogP contribution in [0.3, 0.4) is 0 Å². The minimum absolute atomic E-state index is 0.124. The average Bonchev–Trinajstić information content (AvgIpc) is 3.21. The van der Waals surface area contributed by atoms with E-state index in [4.69, 9.17) is 9.47 Å². The monoisotopic (exact) mass is 453 g/mol. The predicted molar refractivity (Wildman–Crippen MR) is 125 cm³/mol. The van der Waals surface area contributed by atoms with Gasteiger partial charge in [0, 0.05) is 18.2 Å². The normalized spacial score (nSPS) is 17.2. The number of aryl methyl sites for hydroxylation is 1. The van der Waals surface area contributed by atoms with Gasteiger partial charge >= 0.3 is 0 Å². The fraction of sp³-hybridized carbons (Fsp3) is 0.348. The number of thioether (sulfide) groups is 1. The highest BCUT2D eigenvalue weighted by molar-refractivity contribution is 8.00. The number of benzene rings is 2. The fourth-order valence-corrected chi connectivity index (χ4v) is 4.69. The second-order valence-electron chi connectivity index (χ2n) is 7.35. The number of amides is 1. The standard InChI is InChI=1S/C23H27N5O3S/c1-4-7-19-25-26-23-28(19)27-20(15-10-12-17(13-11-15)31-5-2)21(32-23)22(29)24-16-8-6-9-18(14-16)30-3/h6,8-14,20-21,27H,4-5,7H2,1-3H3,(H,24,29)/t20-,21+/m1/s1. The van der Waals surface area contributed by atoms with E-state index in [9.17, 15) is 4.79 Å². The summed E-state index contributed by atoms with van der Waals surface area (Å²) < 4.78 is 12.8. The number of rotatable bonds is 8. The first-order valence-electron chi connectivity index (χ1n) is 10.7. The molecule has 2 aromatic carbocycles. The maximum Gasteiger partial charge on any atom is 0.240 e. The van der Waals surface area contributed by atoms with Gasteiger partial charge in [0.1, 0.15) is 16.7 Å². The molecular formula is C23H27N5O3S. The van der Waals surface area contributed by atoms with Crippen LogP contribution in [-0.4, -0.2) is 39.7 Å². The fourth-order valence-electron chi connectivity index (χ4n) is 3.59. The van der Waals surface area contributed by atoms with Crippen LogP contribution in [0.25, 0.3) is 0 Å². The highest BCUT2D eigenvalue weighted by Gasteiger charge is 2.37. The summed E-state index contributed by atoms with van der Waals surface area (Å²) in [6.07, 6.45) is 1.76. The maximum absolute atomic E-state index is 13.4. The second kappa shape index (κ2) is 9.95. The number of hydrogen-bond donors (Lipinski definition) is 2. The molecule has 0 aliphatic carbocycles. The number of anilines is 1. The predicted octanol–water partition coefficient (Wildman–Crippen LogP) is 4.04. The lowest BCUT2D eigenvalue weighted by molar-refractivity contribution is -0.116. The van der Waals surface area contributed by atoms with Crippen LogP contribution in [0, 0.1) is 0 Å². The van der Waals surface area contributed by atoms with Gasteiger partial charge in [-0.3, -0.25) is 4.79 Å². The van der Waals surface area contributed by atoms with E-state index in [1.807, 2.05) is 54.1 Å². The molecule has 1 aliphatic heterocycles. The molecule has 2 N–H and O–H groups in total. The lowest BCUT2D eigenvalue weighted by Gasteiger charge is -2.33. The van der Waals surface area contributed by atoms with Crippen LogP contribution < -0.4 is 20.2 Å². The van der Waals surface area contributed by atoms with E-state index in [0.717, 1.165) is 30.0 Å². The molecule has 2 heterocycles. The Hall–Kier alpha value is -3.20. The zero-order valence-corrected chi connectivity index (χ0v) is 19.2. The van der Waals surface area contributed by atoms with E-state index in [-0.39, 0.29) is 11.9 Å². The Labute approximate surface area is 191 Å². The number of aromatic nitrogens is 3. The molecule has 1 aliphatic rings. The van der Waals surface area contributed by atoms with E-state index >= 15 is 0 Å². The lowest BCUT2D eigenvalue weighted by Crippen LogP contribution is -2.41. The maximum atomic E-state index is 13.4. The molecule has 2 atom stereocenters. The van der Waals surface area contributed by atoms with Gasteiger partial charge in [-0.2, -0.15) is 0 Å². The molecule has 1 aromatic heterocycles. The van der Waals surface area contributed by atoms with E-state index in [1.54, 1.807) is 13.2 Å². The minimum Gasteiger partial charge on any atom is -0.497 e. The van der Waals surface area contributed by atoms with Crippen LogP contribution in [0.5, 0.6) is 11.5 Å². The van der Waals surface area contributed by atoms with Crippen molar-refractivity contribution in [2.24, 2.45) is 0 Å². The Kier molecular flexibility index (Phi) is 6.84. The van der Waals surface area contributed by atoms with Crippen LogP contribution in [0.4, 0.5) is 5.69 Å². The Bertz CT molecular complexity index is 1070. The number of nitrogens with zero attached hydrogens (tertiary/aromatic N) is 3. The summed E-state index contributed by atoms with van der Waals surface area (Å²) in [5.74, 6) is 2.22. The zero-order valence-electron chi connectivity index (χ0n) is 18.4. The summed E-state index contributed by atoms with van der Waals surface area (Å²) in [7, 11) is 1.60. The molecule has 4 rings (SSSR count). The Balaban J connectivity index is 1.64. The highest BCUT2D eigenvalue weighted by Crippen LogP contribution is 2.38. The topological polar surface area (TPSA) is 90.3 Å². The molecule has 0 bridgehead atoms. The zero-order chi connectivity index (χ0) is 22.5. The van der Waals surface area contributed by atoms with Crippen molar-refractivity contribution >= 4 is 23.4 Å². The number of methoxy groups -OCH3 is 1. The third-order valence-corrected chi connectivity index (χ3v) is 6.34. The first kappa shape index (κ1) is 22.0. The molecule has 168 valence electrons. The van der Waals surface area contributed by atoms with Crippen molar-refractivity contribution in [1.82, 2.24) is 14.9 Å². The van der Waals surface area contributed by atoms with Crippen LogP contribution in [-0.2, 0) is 11.2 Å². The minimum atomic E-state index is -0.453. The molecule has 32 heavy (non-hydrogen) atoms. The van der Waals surface area contributed by atoms with Crippen molar-refractivity contribution in [1.29, 1.82) is 0 Å². The van der Waals surface area contributed by atoms with Gasteiger partial charge in [0.05, 0.1) is 19.8 Å². The summed E-state index contributed by atoms with van der Waals surface area (Å²) in [5.41, 5.74) is 5.14. The van der Waals surface area contributed by atoms with Gasteiger partial charge in [0.25, 0.3) is 0 Å². The third kappa shape index (κ3) is 4.67. The van der Waals surface area contributed by atoms with Gasteiger partial charge in [0.2, 0.25) is 11.1 Å². The van der Waals surface area contributed by atoms with Crippen molar-refractivity contribution in [3.63, 3.8) is 0 Å². The van der Waals surface area contributed by atoms with E-state index in [0.29, 0.717) is 23.2 Å². The molecule has 0 radical (unpaired) electrons. The van der Waals surface area contributed by atoms with Crippen molar-refractivity contribution in [3.05, 3.63) is 59.9 Å². The van der Waals surface area contributed by atoms with E-state index < -0.39 is 5.25 Å². The molecule has 3 aromatic rings. The number of nitrogens with one attached hydrogen (secondary N) is 2. The van der Waals surface area contributed by atoms with Crippen LogP contribution in [0.15, 0.2) is 53.7 Å². The Morgan fingerprint density at radius 2 is 1.97 bits per heavy atom. The van der Waals surface area contributed by atoms with Gasteiger partial charge < -0.3 is 20.2 Å². The second-order valence-corrected chi connectivity index (χ2v) is 8.46. The van der Waals surface area contributed by atoms with Crippen LogP contribution in [0.2, 0.25) is 0 Å². The molecule has 0 unspecified atom stereocenters. The number of fused-ring (bicyclic) bond motifs is 1. The lowest BCUT2D eigenvalue weighted by atomic mass is 10.0. The molecule has 0 spiro atoms. The first-order chi connectivity index (χ1) is 15.6. The molecule has 8 nitrogen and oxygen atoms in total. The Morgan fingerprint density at radius 3 is 2.69 bits per heavy atom. The summed E-state index contributed by atoms with van der Waals surface area (Å²) in [4.78, 5) is 13.4. The van der Waals surface area contributed by atoms with Crippen molar-refractivity contribution in [2.45, 2.75) is 43.1 Å². The Morgan fingerprint density at radius 1 is 1.16 bits per heavy atom. The van der Waals surface area contributed by atoms with Gasteiger partial charge in [-0.1, -0.05) is 36.9 Å². The molecule has 0 fully saturated rings. The molecule has 0 saturated carbocycles. The molecule has 1 amide bonds. The SMILES string of the molecule is CCCc1nnc2n1N[C@H](c1ccc(OCC)cc1)[C@@H](C(=O)Nc1cccc(OC)c1)S2. The van der Waals surface area contributed by atoms with Gasteiger partial charge in [0.15, 0.2) is 5.82 Å². The van der Waals surface area contributed by atoms with E-state index in [2.05, 4.69) is 27.9 Å². The van der Waals surface area contributed by atoms with Crippen LogP contribution in [0.1, 0.15) is 37.7 Å². The average molecular weight is 454 g/mol.